The lowest BCUT2D eigenvalue weighted by Crippen LogP contribution is -2.02. The van der Waals surface area contributed by atoms with Crippen molar-refractivity contribution in [3.63, 3.8) is 0 Å². The van der Waals surface area contributed by atoms with Crippen LogP contribution in [0.2, 0.25) is 0 Å². The minimum atomic E-state index is 0.209. The number of ether oxygens (including phenoxy) is 1. The topological polar surface area (TPSA) is 35.2 Å². The van der Waals surface area contributed by atoms with Gasteiger partial charge in [-0.25, -0.2) is 0 Å². The number of hydrogen-bond acceptors (Lipinski definition) is 2. The van der Waals surface area contributed by atoms with Crippen molar-refractivity contribution < 1.29 is 4.74 Å². The van der Waals surface area contributed by atoms with Crippen LogP contribution in [0.25, 0.3) is 10.8 Å². The molecule has 0 aliphatic heterocycles. The SMILES string of the molecule is C=C(N)Oc1ccc2ccccc2c1. The van der Waals surface area contributed by atoms with Gasteiger partial charge in [0, 0.05) is 0 Å². The van der Waals surface area contributed by atoms with Gasteiger partial charge in [0.05, 0.1) is 0 Å². The van der Waals surface area contributed by atoms with Gasteiger partial charge in [0.2, 0.25) is 0 Å². The van der Waals surface area contributed by atoms with Crippen molar-refractivity contribution in [2.24, 2.45) is 5.73 Å². The lowest BCUT2D eigenvalue weighted by atomic mass is 10.1. The first-order valence-corrected chi connectivity index (χ1v) is 4.37. The molecule has 0 radical (unpaired) electrons. The van der Waals surface area contributed by atoms with E-state index in [1.54, 1.807) is 0 Å². The second-order valence-corrected chi connectivity index (χ2v) is 3.08. The molecule has 2 aromatic carbocycles. The molecule has 0 atom stereocenters. The molecule has 2 heteroatoms. The molecule has 0 fully saturated rings. The van der Waals surface area contributed by atoms with E-state index in [1.807, 2.05) is 36.4 Å². The molecule has 0 amide bonds. The summed E-state index contributed by atoms with van der Waals surface area (Å²) in [5.74, 6) is 0.927. The Bertz CT molecular complexity index is 476. The van der Waals surface area contributed by atoms with Crippen LogP contribution in [-0.2, 0) is 0 Å². The lowest BCUT2D eigenvalue weighted by Gasteiger charge is -2.04. The fraction of sp³-hybridized carbons (Fsp3) is 0. The minimum Gasteiger partial charge on any atom is -0.442 e. The molecule has 70 valence electrons. The van der Waals surface area contributed by atoms with E-state index in [0.29, 0.717) is 0 Å². The third-order valence-corrected chi connectivity index (χ3v) is 1.97. The third-order valence-electron chi connectivity index (χ3n) is 1.97. The number of rotatable bonds is 2. The fourth-order valence-electron chi connectivity index (χ4n) is 1.38. The molecule has 0 aliphatic rings. The molecule has 2 rings (SSSR count). The molecule has 0 aliphatic carbocycles. The molecular formula is C12H11NO. The smallest absolute Gasteiger partial charge is 0.183 e. The summed E-state index contributed by atoms with van der Waals surface area (Å²) < 4.78 is 5.21. The van der Waals surface area contributed by atoms with Crippen LogP contribution in [0.5, 0.6) is 5.75 Å². The van der Waals surface area contributed by atoms with Crippen molar-refractivity contribution in [3.05, 3.63) is 54.9 Å². The molecular weight excluding hydrogens is 174 g/mol. The van der Waals surface area contributed by atoms with Crippen molar-refractivity contribution in [3.8, 4) is 5.75 Å². The van der Waals surface area contributed by atoms with Crippen molar-refractivity contribution >= 4 is 10.8 Å². The average Bonchev–Trinajstić information content (AvgIpc) is 2.17. The first-order valence-electron chi connectivity index (χ1n) is 4.37. The monoisotopic (exact) mass is 185 g/mol. The van der Waals surface area contributed by atoms with E-state index in [9.17, 15) is 0 Å². The maximum atomic E-state index is 5.35. The van der Waals surface area contributed by atoms with Crippen LogP contribution in [-0.4, -0.2) is 0 Å². The zero-order valence-electron chi connectivity index (χ0n) is 7.73. The molecule has 0 saturated heterocycles. The van der Waals surface area contributed by atoms with Gasteiger partial charge < -0.3 is 10.5 Å². The molecule has 2 N–H and O–H groups in total. The lowest BCUT2D eigenvalue weighted by molar-refractivity contribution is 0.423. The second kappa shape index (κ2) is 3.42. The van der Waals surface area contributed by atoms with Crippen LogP contribution in [0.4, 0.5) is 0 Å². The molecule has 0 bridgehead atoms. The Morgan fingerprint density at radius 1 is 1.07 bits per heavy atom. The standard InChI is InChI=1S/C12H11NO/c1-9(13)14-12-7-6-10-4-2-3-5-11(10)8-12/h2-8H,1,13H2. The minimum absolute atomic E-state index is 0.209. The highest BCUT2D eigenvalue weighted by Gasteiger charge is 1.96. The normalized spacial score (nSPS) is 10.0. The molecule has 2 nitrogen and oxygen atoms in total. The average molecular weight is 185 g/mol. The number of nitrogens with two attached hydrogens (primary N) is 1. The van der Waals surface area contributed by atoms with Gasteiger partial charge in [-0.05, 0) is 29.5 Å². The largest absolute Gasteiger partial charge is 0.442 e. The zero-order valence-corrected chi connectivity index (χ0v) is 7.73. The zero-order chi connectivity index (χ0) is 9.97. The first-order chi connectivity index (χ1) is 6.75. The molecule has 0 spiro atoms. The van der Waals surface area contributed by atoms with E-state index in [2.05, 4.69) is 12.6 Å². The summed E-state index contributed by atoms with van der Waals surface area (Å²) in [6.07, 6.45) is 0. The van der Waals surface area contributed by atoms with Gasteiger partial charge in [-0.2, -0.15) is 0 Å². The van der Waals surface area contributed by atoms with Gasteiger partial charge in [-0.1, -0.05) is 30.3 Å². The van der Waals surface area contributed by atoms with E-state index < -0.39 is 0 Å². The molecule has 0 saturated carbocycles. The summed E-state index contributed by atoms with van der Waals surface area (Å²) >= 11 is 0. The number of hydrogen-bond donors (Lipinski definition) is 1. The molecule has 0 unspecified atom stereocenters. The van der Waals surface area contributed by atoms with Crippen molar-refractivity contribution in [1.82, 2.24) is 0 Å². The Labute approximate surface area is 82.6 Å². The summed E-state index contributed by atoms with van der Waals surface area (Å²) in [5, 5.41) is 2.31. The van der Waals surface area contributed by atoms with E-state index in [0.717, 1.165) is 11.1 Å². The van der Waals surface area contributed by atoms with Gasteiger partial charge in [0.15, 0.2) is 5.88 Å². The van der Waals surface area contributed by atoms with Crippen LogP contribution < -0.4 is 10.5 Å². The van der Waals surface area contributed by atoms with Gasteiger partial charge >= 0.3 is 0 Å². The first kappa shape index (κ1) is 8.63. The van der Waals surface area contributed by atoms with Crippen molar-refractivity contribution in [2.45, 2.75) is 0 Å². The third kappa shape index (κ3) is 1.69. The highest BCUT2D eigenvalue weighted by Crippen LogP contribution is 2.20. The Balaban J connectivity index is 2.46. The highest BCUT2D eigenvalue weighted by atomic mass is 16.5. The summed E-state index contributed by atoms with van der Waals surface area (Å²) in [4.78, 5) is 0. The Hall–Kier alpha value is -1.96. The number of benzene rings is 2. The van der Waals surface area contributed by atoms with Gasteiger partial charge in [0.1, 0.15) is 5.75 Å². The van der Waals surface area contributed by atoms with Crippen LogP contribution >= 0.6 is 0 Å². The predicted molar refractivity (Wildman–Crippen MR) is 57.9 cm³/mol. The number of fused-ring (bicyclic) bond motifs is 1. The summed E-state index contributed by atoms with van der Waals surface area (Å²) in [6, 6.07) is 13.9. The molecule has 0 aromatic heterocycles. The van der Waals surface area contributed by atoms with E-state index in [1.165, 1.54) is 5.39 Å². The Morgan fingerprint density at radius 3 is 2.50 bits per heavy atom. The summed E-state index contributed by atoms with van der Waals surface area (Å²) in [7, 11) is 0. The van der Waals surface area contributed by atoms with Gasteiger partial charge in [0.25, 0.3) is 0 Å². The van der Waals surface area contributed by atoms with Crippen LogP contribution in [0.3, 0.4) is 0 Å². The second-order valence-electron chi connectivity index (χ2n) is 3.08. The Morgan fingerprint density at radius 2 is 1.79 bits per heavy atom. The van der Waals surface area contributed by atoms with Crippen molar-refractivity contribution in [2.75, 3.05) is 0 Å². The fourth-order valence-corrected chi connectivity index (χ4v) is 1.38. The van der Waals surface area contributed by atoms with Crippen LogP contribution in [0.15, 0.2) is 54.9 Å². The van der Waals surface area contributed by atoms with Crippen molar-refractivity contribution in [1.29, 1.82) is 0 Å². The quantitative estimate of drug-likeness (QED) is 0.730. The van der Waals surface area contributed by atoms with Gasteiger partial charge in [-0.3, -0.25) is 0 Å². The molecule has 0 heterocycles. The van der Waals surface area contributed by atoms with Crippen LogP contribution in [0.1, 0.15) is 0 Å². The van der Waals surface area contributed by atoms with Crippen LogP contribution in [0, 0.1) is 0 Å². The summed E-state index contributed by atoms with van der Waals surface area (Å²) in [6.45, 7) is 3.49. The Kier molecular flexibility index (Phi) is 2.11. The summed E-state index contributed by atoms with van der Waals surface area (Å²) in [5.41, 5.74) is 5.35. The van der Waals surface area contributed by atoms with E-state index in [4.69, 9.17) is 10.5 Å². The maximum absolute atomic E-state index is 5.35. The maximum Gasteiger partial charge on any atom is 0.183 e. The predicted octanol–water partition coefficient (Wildman–Crippen LogP) is 2.65. The van der Waals surface area contributed by atoms with Gasteiger partial charge in [-0.15, -0.1) is 0 Å². The molecule has 2 aromatic rings. The van der Waals surface area contributed by atoms with E-state index >= 15 is 0 Å². The van der Waals surface area contributed by atoms with E-state index in [-0.39, 0.29) is 5.88 Å². The highest BCUT2D eigenvalue weighted by molar-refractivity contribution is 5.83. The molecule has 14 heavy (non-hydrogen) atoms.